The Balaban J connectivity index is 0.000000492. The van der Waals surface area contributed by atoms with Crippen molar-refractivity contribution >= 4 is 0 Å². The maximum Gasteiger partial charge on any atom is 0.0460 e. The van der Waals surface area contributed by atoms with Gasteiger partial charge in [0.15, 0.2) is 0 Å². The van der Waals surface area contributed by atoms with Gasteiger partial charge in [0.25, 0.3) is 0 Å². The summed E-state index contributed by atoms with van der Waals surface area (Å²) in [5, 5.41) is 0. The highest BCUT2D eigenvalue weighted by Gasteiger charge is 2.28. The molecule has 0 atom stereocenters. The molecule has 0 saturated heterocycles. The van der Waals surface area contributed by atoms with Gasteiger partial charge in [-0.3, -0.25) is 15.0 Å². The molecule has 0 spiro atoms. The molecule has 0 unspecified atom stereocenters. The topological polar surface area (TPSA) is 38.7 Å². The largest absolute Gasteiger partial charge is 0.264 e. The van der Waals surface area contributed by atoms with Crippen molar-refractivity contribution < 1.29 is 0 Å². The average molecular weight is 1120 g/mol. The van der Waals surface area contributed by atoms with Gasteiger partial charge in [0.05, 0.1) is 0 Å². The molecule has 0 amide bonds. The van der Waals surface area contributed by atoms with Crippen molar-refractivity contribution in [1.82, 2.24) is 15.0 Å². The summed E-state index contributed by atoms with van der Waals surface area (Å²) >= 11 is 0. The standard InChI is InChI=1S/C14H22.3C13H21N.2C13H22/c1-13(2,3)11-8-7-9-12(10-11)14(4,5)6;1-12(2,3)10-7-11(9-14-8-10)13(4,5)6;1-12(2,3)10-7-8-14-11(9-10)13(4,5)6;1-12(2,3)10-8-7-9-11(14-10)13(4,5)6;2*1-12(2,3)10-7-8-11(9-10)13(4,5)6/h7-10H,1-6H3;3*7-9H,1-6H3;7,9H,8H2,1-6H3;7-8H,9H2,1-6H3. The number of hydrogen-bond acceptors (Lipinski definition) is 3. The van der Waals surface area contributed by atoms with Crippen LogP contribution in [0, 0.1) is 21.7 Å². The molecule has 0 fully saturated rings. The Labute approximate surface area is 510 Å². The summed E-state index contributed by atoms with van der Waals surface area (Å²) in [7, 11) is 0. The Hall–Kier alpha value is -4.37. The lowest BCUT2D eigenvalue weighted by atomic mass is 9.80. The molecular formula is C79H129N3. The van der Waals surface area contributed by atoms with Gasteiger partial charge in [-0.15, -0.1) is 0 Å². The summed E-state index contributed by atoms with van der Waals surface area (Å²) < 4.78 is 0. The van der Waals surface area contributed by atoms with Crippen molar-refractivity contribution in [2.45, 2.75) is 305 Å². The second-order valence-corrected chi connectivity index (χ2v) is 36.0. The van der Waals surface area contributed by atoms with Gasteiger partial charge < -0.3 is 0 Å². The number of aromatic nitrogens is 3. The Morgan fingerprint density at radius 3 is 0.915 bits per heavy atom. The van der Waals surface area contributed by atoms with Crippen LogP contribution in [0.15, 0.2) is 126 Å². The first-order chi connectivity index (χ1) is 36.3. The van der Waals surface area contributed by atoms with Crippen molar-refractivity contribution in [3.8, 4) is 0 Å². The van der Waals surface area contributed by atoms with Gasteiger partial charge in [-0.05, 0) is 119 Å². The molecule has 3 nitrogen and oxygen atoms in total. The SMILES string of the molecule is CC(C)(C)C1=CC=C(C(C)(C)C)C1.CC(C)(C)C1=CCC(C(C)(C)C)=C1.CC(C)(C)c1cccc(C(C)(C)C)c1.CC(C)(C)c1cccc(C(C)(C)C)n1.CC(C)(C)c1ccnc(C(C)(C)C)c1.CC(C)(C)c1cncc(C(C)(C)C)c1. The van der Waals surface area contributed by atoms with E-state index in [1.807, 2.05) is 18.6 Å². The Bertz CT molecular complexity index is 2330. The molecule has 2 aliphatic carbocycles. The molecule has 3 heterocycles. The lowest BCUT2D eigenvalue weighted by Crippen LogP contribution is -2.19. The van der Waals surface area contributed by atoms with Gasteiger partial charge in [-0.25, -0.2) is 0 Å². The van der Waals surface area contributed by atoms with Crippen LogP contribution in [0.2, 0.25) is 0 Å². The molecular weight excluding hydrogens is 991 g/mol. The molecule has 2 aliphatic rings. The molecule has 82 heavy (non-hydrogen) atoms. The molecule has 4 aromatic rings. The van der Waals surface area contributed by atoms with Crippen LogP contribution in [0.4, 0.5) is 0 Å². The minimum absolute atomic E-state index is 0.140. The summed E-state index contributed by atoms with van der Waals surface area (Å²) in [6.45, 7) is 80.8. The lowest BCUT2D eigenvalue weighted by molar-refractivity contribution is 0.458. The molecule has 0 aliphatic heterocycles. The predicted octanol–water partition coefficient (Wildman–Crippen LogP) is 24.0. The number of pyridine rings is 3. The van der Waals surface area contributed by atoms with E-state index in [1.54, 1.807) is 16.7 Å². The van der Waals surface area contributed by atoms with Crippen LogP contribution in [0.25, 0.3) is 0 Å². The zero-order valence-corrected chi connectivity index (χ0v) is 60.6. The van der Waals surface area contributed by atoms with E-state index in [0.29, 0.717) is 21.7 Å². The Morgan fingerprint density at radius 1 is 0.305 bits per heavy atom. The van der Waals surface area contributed by atoms with E-state index in [-0.39, 0.29) is 43.3 Å². The van der Waals surface area contributed by atoms with E-state index in [4.69, 9.17) is 4.98 Å². The van der Waals surface area contributed by atoms with Gasteiger partial charge in [0, 0.05) is 51.9 Å². The highest BCUT2D eigenvalue weighted by Crippen LogP contribution is 2.42. The second-order valence-electron chi connectivity index (χ2n) is 36.0. The first-order valence-electron chi connectivity index (χ1n) is 31.1. The zero-order chi connectivity index (χ0) is 64.5. The monoisotopic (exact) mass is 1120 g/mol. The van der Waals surface area contributed by atoms with Crippen LogP contribution in [0.1, 0.15) is 307 Å². The molecule has 3 heteroatoms. The molecule has 3 aromatic heterocycles. The van der Waals surface area contributed by atoms with E-state index in [1.165, 1.54) is 56.9 Å². The van der Waals surface area contributed by atoms with E-state index >= 15 is 0 Å². The summed E-state index contributed by atoms with van der Waals surface area (Å²) in [5.41, 5.74) is 19.4. The highest BCUT2D eigenvalue weighted by atomic mass is 14.7. The minimum Gasteiger partial charge on any atom is -0.264 e. The second kappa shape index (κ2) is 27.8. The van der Waals surface area contributed by atoms with Crippen molar-refractivity contribution in [2.24, 2.45) is 21.7 Å². The van der Waals surface area contributed by atoms with Crippen molar-refractivity contribution in [3.05, 3.63) is 171 Å². The van der Waals surface area contributed by atoms with Crippen LogP contribution >= 0.6 is 0 Å². The third kappa shape index (κ3) is 26.7. The number of allylic oxidation sites excluding steroid dienone is 8. The Kier molecular flexibility index (Phi) is 25.6. The zero-order valence-electron chi connectivity index (χ0n) is 60.6. The van der Waals surface area contributed by atoms with Crippen LogP contribution in [0.3, 0.4) is 0 Å². The average Bonchev–Trinajstić information content (AvgIpc) is 4.02. The van der Waals surface area contributed by atoms with Crippen LogP contribution in [-0.2, 0) is 43.3 Å². The van der Waals surface area contributed by atoms with Crippen LogP contribution in [-0.4, -0.2) is 15.0 Å². The van der Waals surface area contributed by atoms with Crippen LogP contribution < -0.4 is 0 Å². The normalized spacial score (nSPS) is 14.8. The summed E-state index contributed by atoms with van der Waals surface area (Å²) in [6.07, 6.45) is 17.6. The fourth-order valence-corrected chi connectivity index (χ4v) is 8.42. The van der Waals surface area contributed by atoms with E-state index in [9.17, 15) is 0 Å². The number of benzene rings is 1. The van der Waals surface area contributed by atoms with E-state index in [0.717, 1.165) is 6.42 Å². The van der Waals surface area contributed by atoms with Crippen molar-refractivity contribution in [3.63, 3.8) is 0 Å². The van der Waals surface area contributed by atoms with E-state index < -0.39 is 0 Å². The van der Waals surface area contributed by atoms with Gasteiger partial charge >= 0.3 is 0 Å². The molecule has 460 valence electrons. The van der Waals surface area contributed by atoms with Gasteiger partial charge in [-0.2, -0.15) is 0 Å². The van der Waals surface area contributed by atoms with Gasteiger partial charge in [0.1, 0.15) is 0 Å². The molecule has 0 radical (unpaired) electrons. The maximum atomic E-state index is 4.72. The third-order valence-corrected chi connectivity index (χ3v) is 15.2. The quantitative estimate of drug-likeness (QED) is 0.176. The molecule has 0 bridgehead atoms. The van der Waals surface area contributed by atoms with Gasteiger partial charge in [0.2, 0.25) is 0 Å². The van der Waals surface area contributed by atoms with E-state index in [2.05, 4.69) is 344 Å². The fraction of sp³-hybridized carbons (Fsp3) is 0.633. The van der Waals surface area contributed by atoms with Crippen molar-refractivity contribution in [1.29, 1.82) is 0 Å². The Morgan fingerprint density at radius 2 is 0.634 bits per heavy atom. The fourth-order valence-electron chi connectivity index (χ4n) is 8.42. The first-order valence-corrected chi connectivity index (χ1v) is 31.1. The third-order valence-electron chi connectivity index (χ3n) is 15.2. The minimum atomic E-state index is 0.140. The molecule has 0 N–H and O–H groups in total. The summed E-state index contributed by atoms with van der Waals surface area (Å²) in [6, 6.07) is 21.9. The summed E-state index contributed by atoms with van der Waals surface area (Å²) in [5.74, 6) is 0. The van der Waals surface area contributed by atoms with Crippen molar-refractivity contribution in [2.75, 3.05) is 0 Å². The van der Waals surface area contributed by atoms with Crippen LogP contribution in [0.5, 0.6) is 0 Å². The molecule has 0 saturated carbocycles. The summed E-state index contributed by atoms with van der Waals surface area (Å²) in [4.78, 5) is 13.5. The predicted molar refractivity (Wildman–Crippen MR) is 368 cm³/mol. The molecule has 1 aromatic carbocycles. The smallest absolute Gasteiger partial charge is 0.0460 e. The number of nitrogens with zero attached hydrogens (tertiary/aromatic N) is 3. The van der Waals surface area contributed by atoms with Gasteiger partial charge in [-0.1, -0.05) is 327 Å². The molecule has 6 rings (SSSR count). The first kappa shape index (κ1) is 75.6. The number of rotatable bonds is 0. The highest BCUT2D eigenvalue weighted by molar-refractivity contribution is 5.39. The number of hydrogen-bond donors (Lipinski definition) is 0. The maximum absolute atomic E-state index is 4.72. The lowest BCUT2D eigenvalue weighted by Gasteiger charge is -2.25.